The van der Waals surface area contributed by atoms with Gasteiger partial charge in [-0.15, -0.1) is 0 Å². The number of piperidine rings is 1. The number of carbonyl (C=O) groups is 1. The molecule has 3 rings (SSSR count). The van der Waals surface area contributed by atoms with Crippen LogP contribution >= 0.6 is 0 Å². The van der Waals surface area contributed by atoms with Gasteiger partial charge in [-0.3, -0.25) is 9.69 Å². The molecule has 23 heavy (non-hydrogen) atoms. The van der Waals surface area contributed by atoms with E-state index in [0.29, 0.717) is 17.2 Å². The van der Waals surface area contributed by atoms with E-state index in [1.54, 1.807) is 6.07 Å². The number of rotatable bonds is 4. The maximum absolute atomic E-state index is 11.4. The SMILES string of the molecule is NC(=O)c1cccc(C2CCN(Cc3ccccc3)CC2)c1N. The Morgan fingerprint density at radius 3 is 2.39 bits per heavy atom. The van der Waals surface area contributed by atoms with Crippen molar-refractivity contribution in [3.05, 3.63) is 65.2 Å². The van der Waals surface area contributed by atoms with Crippen LogP contribution in [-0.2, 0) is 6.54 Å². The van der Waals surface area contributed by atoms with Crippen LogP contribution in [0.1, 0.15) is 40.2 Å². The molecule has 1 fully saturated rings. The van der Waals surface area contributed by atoms with E-state index >= 15 is 0 Å². The molecule has 4 heteroatoms. The average molecular weight is 309 g/mol. The normalized spacial score (nSPS) is 16.3. The third-order valence-corrected chi connectivity index (χ3v) is 4.68. The van der Waals surface area contributed by atoms with E-state index in [4.69, 9.17) is 11.5 Å². The number of carbonyl (C=O) groups excluding carboxylic acids is 1. The van der Waals surface area contributed by atoms with E-state index in [2.05, 4.69) is 29.2 Å². The van der Waals surface area contributed by atoms with Crippen LogP contribution in [0.2, 0.25) is 0 Å². The van der Waals surface area contributed by atoms with Gasteiger partial charge < -0.3 is 11.5 Å². The Morgan fingerprint density at radius 2 is 1.74 bits per heavy atom. The predicted molar refractivity (Wildman–Crippen MR) is 93.1 cm³/mol. The second-order valence-corrected chi connectivity index (χ2v) is 6.21. The molecular formula is C19H23N3O. The molecule has 4 nitrogen and oxygen atoms in total. The van der Waals surface area contributed by atoms with Crippen LogP contribution in [0.15, 0.2) is 48.5 Å². The number of nitrogen functional groups attached to an aromatic ring is 1. The van der Waals surface area contributed by atoms with Gasteiger partial charge in [-0.2, -0.15) is 0 Å². The van der Waals surface area contributed by atoms with Gasteiger partial charge in [-0.25, -0.2) is 0 Å². The lowest BCUT2D eigenvalue weighted by Crippen LogP contribution is -2.32. The Morgan fingerprint density at radius 1 is 1.04 bits per heavy atom. The zero-order valence-electron chi connectivity index (χ0n) is 13.2. The monoisotopic (exact) mass is 309 g/mol. The largest absolute Gasteiger partial charge is 0.398 e. The Hall–Kier alpha value is -2.33. The lowest BCUT2D eigenvalue weighted by Gasteiger charge is -2.32. The van der Waals surface area contributed by atoms with E-state index in [1.165, 1.54) is 5.56 Å². The Bertz CT molecular complexity index is 676. The standard InChI is InChI=1S/C19H23N3O/c20-18-16(7-4-8-17(18)19(21)23)15-9-11-22(12-10-15)13-14-5-2-1-3-6-14/h1-8,15H,9-13,20H2,(H2,21,23). The van der Waals surface area contributed by atoms with Crippen molar-refractivity contribution < 1.29 is 4.79 Å². The zero-order valence-corrected chi connectivity index (χ0v) is 13.2. The fraction of sp³-hybridized carbons (Fsp3) is 0.316. The van der Waals surface area contributed by atoms with Gasteiger partial charge in [0.1, 0.15) is 0 Å². The molecule has 120 valence electrons. The van der Waals surface area contributed by atoms with Gasteiger partial charge in [0.25, 0.3) is 5.91 Å². The molecule has 1 aliphatic heterocycles. The molecule has 0 bridgehead atoms. The maximum Gasteiger partial charge on any atom is 0.250 e. The third kappa shape index (κ3) is 3.54. The summed E-state index contributed by atoms with van der Waals surface area (Å²) in [6.07, 6.45) is 2.11. The second-order valence-electron chi connectivity index (χ2n) is 6.21. The van der Waals surface area contributed by atoms with Gasteiger partial charge >= 0.3 is 0 Å². The fourth-order valence-electron chi connectivity index (χ4n) is 3.40. The highest BCUT2D eigenvalue weighted by atomic mass is 16.1. The third-order valence-electron chi connectivity index (χ3n) is 4.68. The van der Waals surface area contributed by atoms with Crippen LogP contribution in [0.5, 0.6) is 0 Å². The van der Waals surface area contributed by atoms with Crippen LogP contribution < -0.4 is 11.5 Å². The van der Waals surface area contributed by atoms with Gasteiger partial charge in [-0.1, -0.05) is 42.5 Å². The number of para-hydroxylation sites is 1. The average Bonchev–Trinajstić information content (AvgIpc) is 2.57. The van der Waals surface area contributed by atoms with Gasteiger partial charge in [0, 0.05) is 12.2 Å². The number of nitrogens with two attached hydrogens (primary N) is 2. The first-order chi connectivity index (χ1) is 11.1. The first-order valence-corrected chi connectivity index (χ1v) is 8.09. The maximum atomic E-state index is 11.4. The topological polar surface area (TPSA) is 72.4 Å². The van der Waals surface area contributed by atoms with Crippen LogP contribution in [0.25, 0.3) is 0 Å². The zero-order chi connectivity index (χ0) is 16.2. The van der Waals surface area contributed by atoms with Crippen LogP contribution in [0.3, 0.4) is 0 Å². The second kappa shape index (κ2) is 6.84. The summed E-state index contributed by atoms with van der Waals surface area (Å²) in [4.78, 5) is 13.9. The minimum Gasteiger partial charge on any atom is -0.398 e. The number of likely N-dealkylation sites (tertiary alicyclic amines) is 1. The van der Waals surface area contributed by atoms with Crippen molar-refractivity contribution in [3.8, 4) is 0 Å². The highest BCUT2D eigenvalue weighted by molar-refractivity contribution is 5.98. The molecule has 0 aromatic heterocycles. The first-order valence-electron chi connectivity index (χ1n) is 8.09. The number of amides is 1. The van der Waals surface area contributed by atoms with Crippen molar-refractivity contribution in [1.82, 2.24) is 4.90 Å². The van der Waals surface area contributed by atoms with Crippen LogP contribution in [0.4, 0.5) is 5.69 Å². The summed E-state index contributed by atoms with van der Waals surface area (Å²) in [6, 6.07) is 16.1. The molecule has 0 unspecified atom stereocenters. The molecule has 0 atom stereocenters. The molecule has 1 heterocycles. The first kappa shape index (κ1) is 15.6. The number of hydrogen-bond donors (Lipinski definition) is 2. The summed E-state index contributed by atoms with van der Waals surface area (Å²) in [6.45, 7) is 3.07. The Kier molecular flexibility index (Phi) is 4.63. The van der Waals surface area contributed by atoms with Gasteiger partial charge in [0.15, 0.2) is 0 Å². The molecule has 0 aliphatic carbocycles. The Balaban J connectivity index is 1.65. The van der Waals surface area contributed by atoms with Crippen molar-refractivity contribution in [2.75, 3.05) is 18.8 Å². The number of anilines is 1. The van der Waals surface area contributed by atoms with Crippen molar-refractivity contribution in [2.45, 2.75) is 25.3 Å². The highest BCUT2D eigenvalue weighted by Crippen LogP contribution is 2.33. The molecule has 0 spiro atoms. The summed E-state index contributed by atoms with van der Waals surface area (Å²) in [7, 11) is 0. The molecule has 2 aromatic rings. The molecule has 1 amide bonds. The Labute approximate surface area is 137 Å². The lowest BCUT2D eigenvalue weighted by atomic mass is 9.87. The fourth-order valence-corrected chi connectivity index (χ4v) is 3.40. The van der Waals surface area contributed by atoms with E-state index in [0.717, 1.165) is 38.0 Å². The lowest BCUT2D eigenvalue weighted by molar-refractivity contribution is 0.100. The molecular weight excluding hydrogens is 286 g/mol. The van der Waals surface area contributed by atoms with Crippen molar-refractivity contribution in [3.63, 3.8) is 0 Å². The molecule has 0 radical (unpaired) electrons. The molecule has 2 aromatic carbocycles. The molecule has 1 aliphatic rings. The predicted octanol–water partition coefficient (Wildman–Crippen LogP) is 2.75. The minimum absolute atomic E-state index is 0.404. The number of hydrogen-bond acceptors (Lipinski definition) is 3. The number of nitrogens with zero attached hydrogens (tertiary/aromatic N) is 1. The van der Waals surface area contributed by atoms with Gasteiger partial charge in [0.05, 0.1) is 5.56 Å². The summed E-state index contributed by atoms with van der Waals surface area (Å²) < 4.78 is 0. The summed E-state index contributed by atoms with van der Waals surface area (Å²) in [5, 5.41) is 0. The van der Waals surface area contributed by atoms with Gasteiger partial charge in [0.2, 0.25) is 0 Å². The summed E-state index contributed by atoms with van der Waals surface area (Å²) in [5.74, 6) is -0.0489. The number of benzene rings is 2. The van der Waals surface area contributed by atoms with Crippen LogP contribution in [-0.4, -0.2) is 23.9 Å². The van der Waals surface area contributed by atoms with E-state index in [9.17, 15) is 4.79 Å². The van der Waals surface area contributed by atoms with Crippen molar-refractivity contribution >= 4 is 11.6 Å². The van der Waals surface area contributed by atoms with E-state index < -0.39 is 5.91 Å². The highest BCUT2D eigenvalue weighted by Gasteiger charge is 2.23. The smallest absolute Gasteiger partial charge is 0.250 e. The minimum atomic E-state index is -0.453. The van der Waals surface area contributed by atoms with Gasteiger partial charge in [-0.05, 0) is 49.0 Å². The molecule has 0 saturated carbocycles. The van der Waals surface area contributed by atoms with Crippen LogP contribution in [0, 0.1) is 0 Å². The number of primary amides is 1. The van der Waals surface area contributed by atoms with Crippen molar-refractivity contribution in [2.24, 2.45) is 5.73 Å². The van der Waals surface area contributed by atoms with Crippen molar-refractivity contribution in [1.29, 1.82) is 0 Å². The summed E-state index contributed by atoms with van der Waals surface area (Å²) >= 11 is 0. The molecule has 4 N–H and O–H groups in total. The van der Waals surface area contributed by atoms with E-state index in [-0.39, 0.29) is 0 Å². The molecule has 1 saturated heterocycles. The van der Waals surface area contributed by atoms with E-state index in [1.807, 2.05) is 18.2 Å². The quantitative estimate of drug-likeness (QED) is 0.853. The summed E-state index contributed by atoms with van der Waals surface area (Å²) in [5.41, 5.74) is 15.0.